The van der Waals surface area contributed by atoms with Crippen molar-refractivity contribution >= 4 is 11.3 Å². The van der Waals surface area contributed by atoms with E-state index in [1.165, 1.54) is 23.5 Å². The van der Waals surface area contributed by atoms with Crippen LogP contribution in [-0.2, 0) is 11.3 Å². The minimum Gasteiger partial charge on any atom is -0.375 e. The van der Waals surface area contributed by atoms with E-state index in [1.807, 2.05) is 5.38 Å². The van der Waals surface area contributed by atoms with E-state index in [1.54, 1.807) is 12.1 Å². The maximum atomic E-state index is 14.1. The van der Waals surface area contributed by atoms with Crippen LogP contribution in [0, 0.1) is 11.7 Å². The minimum absolute atomic E-state index is 0.0353. The van der Waals surface area contributed by atoms with Crippen molar-refractivity contribution in [2.45, 2.75) is 57.5 Å². The fraction of sp³-hybridized carbons (Fsp3) is 0.591. The predicted molar refractivity (Wildman–Crippen MR) is 111 cm³/mol. The van der Waals surface area contributed by atoms with Gasteiger partial charge in [0.15, 0.2) is 0 Å². The number of aromatic nitrogens is 1. The number of nitrogens with zero attached hydrogens (tertiary/aromatic N) is 1. The van der Waals surface area contributed by atoms with Crippen molar-refractivity contribution < 1.29 is 17.9 Å². The van der Waals surface area contributed by atoms with E-state index >= 15 is 0 Å². The molecule has 0 aliphatic carbocycles. The van der Waals surface area contributed by atoms with Crippen molar-refractivity contribution in [3.05, 3.63) is 41.2 Å². The van der Waals surface area contributed by atoms with E-state index < -0.39 is 5.92 Å². The first kappa shape index (κ1) is 22.2. The van der Waals surface area contributed by atoms with Crippen LogP contribution in [0.5, 0.6) is 0 Å². The average molecular weight is 427 g/mol. The summed E-state index contributed by atoms with van der Waals surface area (Å²) in [6, 6.07) is 6.18. The van der Waals surface area contributed by atoms with Gasteiger partial charge in [0, 0.05) is 30.4 Å². The molecule has 1 aliphatic rings. The molecule has 0 bridgehead atoms. The van der Waals surface area contributed by atoms with Crippen LogP contribution in [0.15, 0.2) is 29.6 Å². The van der Waals surface area contributed by atoms with Gasteiger partial charge in [-0.25, -0.2) is 18.2 Å². The molecule has 1 aliphatic heterocycles. The molecule has 1 saturated heterocycles. The SMILES string of the molecule is Fc1ccc(-c2nc(COCCCC(F)(F)CCC3CCCCNC3)cs2)cc1. The number of thiazole rings is 1. The van der Waals surface area contributed by atoms with E-state index in [2.05, 4.69) is 10.3 Å². The van der Waals surface area contributed by atoms with Crippen LogP contribution >= 0.6 is 11.3 Å². The Morgan fingerprint density at radius 1 is 1.17 bits per heavy atom. The second-order valence-electron chi connectivity index (χ2n) is 7.77. The minimum atomic E-state index is -2.62. The van der Waals surface area contributed by atoms with Gasteiger partial charge in [0.25, 0.3) is 0 Å². The molecular formula is C22H29F3N2OS. The van der Waals surface area contributed by atoms with Crippen LogP contribution in [-0.4, -0.2) is 30.6 Å². The Morgan fingerprint density at radius 2 is 2.00 bits per heavy atom. The summed E-state index contributed by atoms with van der Waals surface area (Å²) in [4.78, 5) is 4.46. The van der Waals surface area contributed by atoms with Crippen LogP contribution in [0.2, 0.25) is 0 Å². The van der Waals surface area contributed by atoms with Crippen molar-refractivity contribution in [1.82, 2.24) is 10.3 Å². The molecule has 0 spiro atoms. The molecule has 1 aromatic carbocycles. The predicted octanol–water partition coefficient (Wildman–Crippen LogP) is 6.05. The monoisotopic (exact) mass is 426 g/mol. The van der Waals surface area contributed by atoms with E-state index in [0.29, 0.717) is 32.0 Å². The molecule has 1 N–H and O–H groups in total. The van der Waals surface area contributed by atoms with Crippen molar-refractivity contribution in [1.29, 1.82) is 0 Å². The van der Waals surface area contributed by atoms with E-state index in [0.717, 1.165) is 48.6 Å². The lowest BCUT2D eigenvalue weighted by atomic mass is 9.95. The van der Waals surface area contributed by atoms with Gasteiger partial charge in [0.05, 0.1) is 12.3 Å². The summed E-state index contributed by atoms with van der Waals surface area (Å²) in [5, 5.41) is 6.01. The largest absolute Gasteiger partial charge is 0.375 e. The number of alkyl halides is 2. The summed E-state index contributed by atoms with van der Waals surface area (Å²) < 4.78 is 46.8. The Balaban J connectivity index is 1.32. The molecule has 1 aromatic heterocycles. The number of ether oxygens (including phenoxy) is 1. The summed E-state index contributed by atoms with van der Waals surface area (Å²) in [6.07, 6.45) is 4.10. The molecule has 1 unspecified atom stereocenters. The zero-order valence-electron chi connectivity index (χ0n) is 16.6. The highest BCUT2D eigenvalue weighted by Crippen LogP contribution is 2.30. The number of rotatable bonds is 10. The van der Waals surface area contributed by atoms with Gasteiger partial charge in [-0.05, 0) is 69.0 Å². The highest BCUT2D eigenvalue weighted by atomic mass is 32.1. The Labute approximate surface area is 174 Å². The Morgan fingerprint density at radius 3 is 2.83 bits per heavy atom. The fourth-order valence-corrected chi connectivity index (χ4v) is 4.40. The third kappa shape index (κ3) is 7.72. The highest BCUT2D eigenvalue weighted by molar-refractivity contribution is 7.13. The number of hydrogen-bond acceptors (Lipinski definition) is 4. The molecule has 7 heteroatoms. The quantitative estimate of drug-likeness (QED) is 0.470. The van der Waals surface area contributed by atoms with Gasteiger partial charge in [-0.15, -0.1) is 11.3 Å². The standard InChI is InChI=1S/C22H29F3N2OS/c23-19-7-5-18(6-8-19)21-27-20(16-29-21)15-28-13-3-10-22(24,25)11-9-17-4-1-2-12-26-14-17/h5-8,16-17,26H,1-4,9-15H2. The lowest BCUT2D eigenvalue weighted by molar-refractivity contribution is -0.0304. The lowest BCUT2D eigenvalue weighted by Gasteiger charge is -2.20. The molecule has 29 heavy (non-hydrogen) atoms. The molecule has 0 radical (unpaired) electrons. The summed E-state index contributed by atoms with van der Waals surface area (Å²) in [6.45, 7) is 2.47. The van der Waals surface area contributed by atoms with Gasteiger partial charge in [-0.3, -0.25) is 0 Å². The molecule has 160 valence electrons. The zero-order valence-corrected chi connectivity index (χ0v) is 17.5. The fourth-order valence-electron chi connectivity index (χ4n) is 3.59. The molecule has 3 rings (SSSR count). The Kier molecular flexibility index (Phi) is 8.51. The van der Waals surface area contributed by atoms with Crippen molar-refractivity contribution in [3.63, 3.8) is 0 Å². The number of nitrogens with one attached hydrogen (secondary N) is 1. The van der Waals surface area contributed by atoms with Gasteiger partial charge in [0.1, 0.15) is 10.8 Å². The van der Waals surface area contributed by atoms with Crippen LogP contribution in [0.4, 0.5) is 13.2 Å². The molecule has 1 atom stereocenters. The lowest BCUT2D eigenvalue weighted by Crippen LogP contribution is -2.24. The van der Waals surface area contributed by atoms with E-state index in [4.69, 9.17) is 4.74 Å². The topological polar surface area (TPSA) is 34.1 Å². The van der Waals surface area contributed by atoms with E-state index in [9.17, 15) is 13.2 Å². The summed E-state index contributed by atoms with van der Waals surface area (Å²) >= 11 is 1.46. The first-order valence-corrected chi connectivity index (χ1v) is 11.3. The molecule has 0 saturated carbocycles. The van der Waals surface area contributed by atoms with Gasteiger partial charge in [-0.2, -0.15) is 0 Å². The first-order valence-electron chi connectivity index (χ1n) is 10.4. The van der Waals surface area contributed by atoms with E-state index in [-0.39, 0.29) is 18.7 Å². The summed E-state index contributed by atoms with van der Waals surface area (Å²) in [5.74, 6) is -2.53. The van der Waals surface area contributed by atoms with Crippen LogP contribution < -0.4 is 5.32 Å². The molecule has 1 fully saturated rings. The van der Waals surface area contributed by atoms with Gasteiger partial charge >= 0.3 is 0 Å². The number of benzene rings is 1. The van der Waals surface area contributed by atoms with Crippen LogP contribution in [0.25, 0.3) is 10.6 Å². The van der Waals surface area contributed by atoms with Gasteiger partial charge in [-0.1, -0.05) is 6.42 Å². The van der Waals surface area contributed by atoms with Gasteiger partial charge in [0.2, 0.25) is 5.92 Å². The van der Waals surface area contributed by atoms with Crippen molar-refractivity contribution in [2.75, 3.05) is 19.7 Å². The Bertz CT molecular complexity index is 728. The third-order valence-corrected chi connectivity index (χ3v) is 6.23. The highest BCUT2D eigenvalue weighted by Gasteiger charge is 2.29. The average Bonchev–Trinajstić information content (AvgIpc) is 3.01. The van der Waals surface area contributed by atoms with Crippen molar-refractivity contribution in [2.24, 2.45) is 5.92 Å². The summed E-state index contributed by atoms with van der Waals surface area (Å²) in [7, 11) is 0. The first-order chi connectivity index (χ1) is 14.0. The van der Waals surface area contributed by atoms with Crippen molar-refractivity contribution in [3.8, 4) is 10.6 Å². The number of hydrogen-bond donors (Lipinski definition) is 1. The maximum absolute atomic E-state index is 14.1. The zero-order chi connectivity index (χ0) is 20.5. The second kappa shape index (κ2) is 11.1. The van der Waals surface area contributed by atoms with Crippen LogP contribution in [0.1, 0.15) is 50.6 Å². The Hall–Kier alpha value is -1.44. The second-order valence-corrected chi connectivity index (χ2v) is 8.63. The third-order valence-electron chi connectivity index (χ3n) is 5.29. The molecule has 3 nitrogen and oxygen atoms in total. The molecule has 0 amide bonds. The van der Waals surface area contributed by atoms with Crippen LogP contribution in [0.3, 0.4) is 0 Å². The molecule has 2 aromatic rings. The maximum Gasteiger partial charge on any atom is 0.248 e. The number of halogens is 3. The van der Waals surface area contributed by atoms with Gasteiger partial charge < -0.3 is 10.1 Å². The molecular weight excluding hydrogens is 397 g/mol. The summed E-state index contributed by atoms with van der Waals surface area (Å²) in [5.41, 5.74) is 1.62. The molecule has 2 heterocycles. The smallest absolute Gasteiger partial charge is 0.248 e. The normalized spacial score (nSPS) is 18.0.